The van der Waals surface area contributed by atoms with Gasteiger partial charge in [-0.15, -0.1) is 0 Å². The van der Waals surface area contributed by atoms with E-state index in [0.29, 0.717) is 13.1 Å². The molecule has 2 amide bonds. The van der Waals surface area contributed by atoms with Gasteiger partial charge in [0.1, 0.15) is 0 Å². The first-order valence-electron chi connectivity index (χ1n) is 6.85. The van der Waals surface area contributed by atoms with E-state index in [2.05, 4.69) is 10.6 Å². The molecule has 0 bridgehead atoms. The van der Waals surface area contributed by atoms with Crippen molar-refractivity contribution in [1.29, 1.82) is 0 Å². The van der Waals surface area contributed by atoms with Crippen LogP contribution in [0.25, 0.3) is 0 Å². The molecule has 20 heavy (non-hydrogen) atoms. The molecule has 5 nitrogen and oxygen atoms in total. The Balaban J connectivity index is 2.22. The van der Waals surface area contributed by atoms with Crippen molar-refractivity contribution in [1.82, 2.24) is 10.6 Å². The van der Waals surface area contributed by atoms with E-state index in [1.807, 2.05) is 44.2 Å². The van der Waals surface area contributed by atoms with Crippen molar-refractivity contribution >= 4 is 11.8 Å². The third-order valence-electron chi connectivity index (χ3n) is 2.90. The fraction of sp³-hybridized carbons (Fsp3) is 0.467. The molecule has 0 heterocycles. The lowest BCUT2D eigenvalue weighted by atomic mass is 10.0. The molecule has 1 aromatic carbocycles. The molecule has 1 unspecified atom stereocenters. The lowest BCUT2D eigenvalue weighted by molar-refractivity contribution is -0.124. The number of amides is 2. The number of nitrogens with two attached hydrogens (primary N) is 1. The Morgan fingerprint density at radius 3 is 2.30 bits per heavy atom. The van der Waals surface area contributed by atoms with Crippen LogP contribution in [0.4, 0.5) is 0 Å². The van der Waals surface area contributed by atoms with Crippen molar-refractivity contribution in [2.75, 3.05) is 13.1 Å². The molecule has 0 aliphatic heterocycles. The van der Waals surface area contributed by atoms with Crippen LogP contribution in [-0.2, 0) is 9.59 Å². The molecule has 0 fully saturated rings. The highest BCUT2D eigenvalue weighted by atomic mass is 16.2. The number of rotatable bonds is 7. The monoisotopic (exact) mass is 277 g/mol. The van der Waals surface area contributed by atoms with E-state index in [1.165, 1.54) is 0 Å². The predicted octanol–water partition coefficient (Wildman–Crippen LogP) is 0.965. The van der Waals surface area contributed by atoms with Gasteiger partial charge in [0.15, 0.2) is 0 Å². The molecule has 0 saturated carbocycles. The van der Waals surface area contributed by atoms with Crippen LogP contribution in [0.3, 0.4) is 0 Å². The van der Waals surface area contributed by atoms with Crippen molar-refractivity contribution in [3.05, 3.63) is 35.9 Å². The maximum Gasteiger partial charge on any atom is 0.222 e. The summed E-state index contributed by atoms with van der Waals surface area (Å²) in [4.78, 5) is 23.0. The van der Waals surface area contributed by atoms with E-state index >= 15 is 0 Å². The minimum Gasteiger partial charge on any atom is -0.354 e. The predicted molar refractivity (Wildman–Crippen MR) is 78.8 cm³/mol. The molecule has 1 aromatic rings. The molecule has 0 aliphatic rings. The van der Waals surface area contributed by atoms with Gasteiger partial charge in [-0.25, -0.2) is 0 Å². The van der Waals surface area contributed by atoms with Crippen molar-refractivity contribution in [3.63, 3.8) is 0 Å². The Morgan fingerprint density at radius 2 is 1.70 bits per heavy atom. The van der Waals surface area contributed by atoms with Crippen LogP contribution in [0.2, 0.25) is 0 Å². The first kappa shape index (κ1) is 16.2. The number of nitrogens with one attached hydrogen (secondary N) is 2. The number of carbonyl (C=O) groups excluding carboxylic acids is 2. The Morgan fingerprint density at radius 1 is 1.10 bits per heavy atom. The van der Waals surface area contributed by atoms with E-state index in [9.17, 15) is 9.59 Å². The highest BCUT2D eigenvalue weighted by molar-refractivity contribution is 5.78. The van der Waals surface area contributed by atoms with E-state index in [-0.39, 0.29) is 30.2 Å². The van der Waals surface area contributed by atoms with Gasteiger partial charge in [-0.3, -0.25) is 9.59 Å². The summed E-state index contributed by atoms with van der Waals surface area (Å²) in [6.45, 7) is 4.50. The highest BCUT2D eigenvalue weighted by Gasteiger charge is 2.11. The molecule has 0 saturated heterocycles. The van der Waals surface area contributed by atoms with Crippen LogP contribution in [0.5, 0.6) is 0 Å². The molecule has 0 spiro atoms. The van der Waals surface area contributed by atoms with Gasteiger partial charge in [0.2, 0.25) is 11.8 Å². The summed E-state index contributed by atoms with van der Waals surface area (Å²) < 4.78 is 0. The van der Waals surface area contributed by atoms with Gasteiger partial charge in [0, 0.05) is 31.5 Å². The van der Waals surface area contributed by atoms with Crippen molar-refractivity contribution < 1.29 is 9.59 Å². The topological polar surface area (TPSA) is 84.2 Å². The second-order valence-corrected chi connectivity index (χ2v) is 5.02. The van der Waals surface area contributed by atoms with Gasteiger partial charge >= 0.3 is 0 Å². The van der Waals surface area contributed by atoms with Crippen LogP contribution in [0.1, 0.15) is 31.9 Å². The number of benzene rings is 1. The smallest absolute Gasteiger partial charge is 0.222 e. The molecule has 110 valence electrons. The molecule has 4 N–H and O–H groups in total. The van der Waals surface area contributed by atoms with Gasteiger partial charge in [-0.2, -0.15) is 0 Å². The van der Waals surface area contributed by atoms with Crippen LogP contribution >= 0.6 is 0 Å². The normalized spacial score (nSPS) is 12.0. The van der Waals surface area contributed by atoms with E-state index in [1.54, 1.807) is 0 Å². The summed E-state index contributed by atoms with van der Waals surface area (Å²) in [5, 5.41) is 5.48. The molecule has 1 atom stereocenters. The van der Waals surface area contributed by atoms with Gasteiger partial charge in [0.05, 0.1) is 0 Å². The van der Waals surface area contributed by atoms with Crippen LogP contribution in [0.15, 0.2) is 30.3 Å². The second-order valence-electron chi connectivity index (χ2n) is 5.02. The molecule has 1 rings (SSSR count). The summed E-state index contributed by atoms with van der Waals surface area (Å²) >= 11 is 0. The average molecular weight is 277 g/mol. The largest absolute Gasteiger partial charge is 0.354 e. The SMILES string of the molecule is CC(C)C(=O)NCCNC(=O)CC(N)c1ccccc1. The molecule has 0 radical (unpaired) electrons. The third kappa shape index (κ3) is 5.84. The van der Waals surface area contributed by atoms with Crippen LogP contribution in [-0.4, -0.2) is 24.9 Å². The quantitative estimate of drug-likeness (QED) is 0.649. The van der Waals surface area contributed by atoms with Gasteiger partial charge < -0.3 is 16.4 Å². The Bertz CT molecular complexity index is 432. The number of hydrogen-bond donors (Lipinski definition) is 3. The van der Waals surface area contributed by atoms with E-state index in [4.69, 9.17) is 5.73 Å². The van der Waals surface area contributed by atoms with Crippen molar-refractivity contribution in [2.24, 2.45) is 11.7 Å². The zero-order valence-electron chi connectivity index (χ0n) is 12.1. The summed E-state index contributed by atoms with van der Waals surface area (Å²) in [6, 6.07) is 9.21. The Hall–Kier alpha value is -1.88. The molecule has 0 aliphatic carbocycles. The zero-order valence-corrected chi connectivity index (χ0v) is 12.1. The lowest BCUT2D eigenvalue weighted by Gasteiger charge is -2.12. The third-order valence-corrected chi connectivity index (χ3v) is 2.90. The molecular weight excluding hydrogens is 254 g/mol. The Labute approximate surface area is 119 Å². The minimum absolute atomic E-state index is 0.0137. The summed E-state index contributed by atoms with van der Waals surface area (Å²) in [5.74, 6) is -0.169. The maximum absolute atomic E-state index is 11.7. The van der Waals surface area contributed by atoms with Crippen LogP contribution in [0, 0.1) is 5.92 Å². The van der Waals surface area contributed by atoms with E-state index in [0.717, 1.165) is 5.56 Å². The summed E-state index contributed by atoms with van der Waals surface area (Å²) in [6.07, 6.45) is 0.238. The van der Waals surface area contributed by atoms with E-state index < -0.39 is 0 Å². The zero-order chi connectivity index (χ0) is 15.0. The standard InChI is InChI=1S/C15H23N3O2/c1-11(2)15(20)18-9-8-17-14(19)10-13(16)12-6-4-3-5-7-12/h3-7,11,13H,8-10,16H2,1-2H3,(H,17,19)(H,18,20). The van der Waals surface area contributed by atoms with Gasteiger partial charge in [0.25, 0.3) is 0 Å². The fourth-order valence-electron chi connectivity index (χ4n) is 1.68. The first-order chi connectivity index (χ1) is 9.50. The molecule has 5 heteroatoms. The number of hydrogen-bond acceptors (Lipinski definition) is 3. The second kappa shape index (κ2) is 8.32. The maximum atomic E-state index is 11.7. The summed E-state index contributed by atoms with van der Waals surface area (Å²) in [5.41, 5.74) is 6.90. The lowest BCUT2D eigenvalue weighted by Crippen LogP contribution is -2.37. The summed E-state index contributed by atoms with van der Waals surface area (Å²) in [7, 11) is 0. The highest BCUT2D eigenvalue weighted by Crippen LogP contribution is 2.12. The average Bonchev–Trinajstić information content (AvgIpc) is 2.44. The first-order valence-corrected chi connectivity index (χ1v) is 6.85. The van der Waals surface area contributed by atoms with Crippen molar-refractivity contribution in [3.8, 4) is 0 Å². The molecule has 0 aromatic heterocycles. The van der Waals surface area contributed by atoms with Crippen molar-refractivity contribution in [2.45, 2.75) is 26.3 Å². The van der Waals surface area contributed by atoms with Gasteiger partial charge in [-0.05, 0) is 5.56 Å². The Kier molecular flexibility index (Phi) is 6.73. The number of carbonyl (C=O) groups is 2. The van der Waals surface area contributed by atoms with Crippen LogP contribution < -0.4 is 16.4 Å². The minimum atomic E-state index is -0.304. The molecular formula is C15H23N3O2. The van der Waals surface area contributed by atoms with Gasteiger partial charge in [-0.1, -0.05) is 44.2 Å². The fourth-order valence-corrected chi connectivity index (χ4v) is 1.68.